The maximum atomic E-state index is 8.82. The topological polar surface area (TPSA) is 16.8 Å². The summed E-state index contributed by atoms with van der Waals surface area (Å²) in [6.07, 6.45) is 3.68. The third kappa shape index (κ3) is 2.99. The SMILES string of the molecule is [2H]c1c(C)[n+](C)c(-c2cc(C)cc(C)c2C)c2cc(C)c(-c3cccnc3)cc12. The van der Waals surface area contributed by atoms with E-state index in [1.165, 1.54) is 33.5 Å². The van der Waals surface area contributed by atoms with Crippen molar-refractivity contribution in [2.45, 2.75) is 34.6 Å². The predicted molar refractivity (Wildman–Crippen MR) is 117 cm³/mol. The molecule has 0 radical (unpaired) electrons. The van der Waals surface area contributed by atoms with Crippen LogP contribution in [0.2, 0.25) is 0 Å². The van der Waals surface area contributed by atoms with Crippen molar-refractivity contribution in [3.8, 4) is 22.4 Å². The lowest BCUT2D eigenvalue weighted by Crippen LogP contribution is -2.35. The number of hydrogen-bond donors (Lipinski definition) is 0. The number of fused-ring (bicyclic) bond motifs is 1. The van der Waals surface area contributed by atoms with E-state index >= 15 is 0 Å². The molecule has 0 aliphatic carbocycles. The van der Waals surface area contributed by atoms with E-state index in [2.05, 4.69) is 74.6 Å². The summed E-state index contributed by atoms with van der Waals surface area (Å²) in [4.78, 5) is 4.28. The van der Waals surface area contributed by atoms with Gasteiger partial charge in [-0.05, 0) is 79.6 Å². The quantitative estimate of drug-likeness (QED) is 0.400. The van der Waals surface area contributed by atoms with E-state index in [9.17, 15) is 0 Å². The standard InChI is InChI=1S/C26H27N2/c1-16-10-17(2)20(5)24(11-16)26-25-12-18(3)23(21-8-7-9-27-15-21)14-22(25)13-19(4)28(26)6/h7-15H,1-6H3/q+1/i13D. The van der Waals surface area contributed by atoms with Gasteiger partial charge >= 0.3 is 0 Å². The fraction of sp³-hybridized carbons (Fsp3) is 0.231. The number of nitrogens with zero attached hydrogens (tertiary/aromatic N) is 2. The van der Waals surface area contributed by atoms with Gasteiger partial charge in [0, 0.05) is 30.9 Å². The van der Waals surface area contributed by atoms with Crippen LogP contribution in [0.5, 0.6) is 0 Å². The summed E-state index contributed by atoms with van der Waals surface area (Å²) >= 11 is 0. The molecule has 0 spiro atoms. The largest absolute Gasteiger partial charge is 0.264 e. The first-order valence-electron chi connectivity index (χ1n) is 10.2. The van der Waals surface area contributed by atoms with Gasteiger partial charge in [-0.3, -0.25) is 4.98 Å². The van der Waals surface area contributed by atoms with Crippen molar-refractivity contribution >= 4 is 10.8 Å². The van der Waals surface area contributed by atoms with Crippen LogP contribution in [0.1, 0.15) is 29.3 Å². The minimum absolute atomic E-state index is 0.582. The Hall–Kier alpha value is -3.00. The molecule has 2 aromatic heterocycles. The summed E-state index contributed by atoms with van der Waals surface area (Å²) in [6.45, 7) is 10.7. The van der Waals surface area contributed by atoms with Gasteiger partial charge in [-0.15, -0.1) is 0 Å². The molecule has 0 N–H and O–H groups in total. The molecule has 140 valence electrons. The second-order valence-corrected chi connectivity index (χ2v) is 7.83. The normalized spacial score (nSPS) is 11.7. The van der Waals surface area contributed by atoms with Crippen LogP contribution < -0.4 is 4.57 Å². The van der Waals surface area contributed by atoms with Gasteiger partial charge in [0.1, 0.15) is 7.05 Å². The molecule has 4 rings (SSSR count). The number of rotatable bonds is 2. The van der Waals surface area contributed by atoms with Gasteiger partial charge in [0.05, 0.1) is 12.3 Å². The van der Waals surface area contributed by atoms with Gasteiger partial charge in [-0.1, -0.05) is 17.7 Å². The molecule has 0 aliphatic heterocycles. The third-order valence-electron chi connectivity index (χ3n) is 5.81. The van der Waals surface area contributed by atoms with E-state index in [0.717, 1.165) is 27.6 Å². The second kappa shape index (κ2) is 6.87. The van der Waals surface area contributed by atoms with E-state index in [0.29, 0.717) is 6.04 Å². The molecule has 0 bridgehead atoms. The zero-order valence-electron chi connectivity index (χ0n) is 18.5. The fourth-order valence-electron chi connectivity index (χ4n) is 4.08. The van der Waals surface area contributed by atoms with Gasteiger partial charge in [0.25, 0.3) is 0 Å². The van der Waals surface area contributed by atoms with Crippen LogP contribution in [-0.2, 0) is 7.05 Å². The van der Waals surface area contributed by atoms with Gasteiger partial charge < -0.3 is 0 Å². The smallest absolute Gasteiger partial charge is 0.220 e. The summed E-state index contributed by atoms with van der Waals surface area (Å²) in [7, 11) is 2.07. The first-order valence-corrected chi connectivity index (χ1v) is 9.71. The number of aryl methyl sites for hydroxylation is 3. The van der Waals surface area contributed by atoms with Crippen LogP contribution >= 0.6 is 0 Å². The number of benzene rings is 2. The van der Waals surface area contributed by atoms with Crippen LogP contribution in [0.25, 0.3) is 33.2 Å². The molecule has 0 saturated heterocycles. The Morgan fingerprint density at radius 3 is 2.43 bits per heavy atom. The lowest BCUT2D eigenvalue weighted by Gasteiger charge is -2.15. The Morgan fingerprint density at radius 1 is 0.929 bits per heavy atom. The van der Waals surface area contributed by atoms with Crippen molar-refractivity contribution in [2.75, 3.05) is 0 Å². The average molecular weight is 369 g/mol. The van der Waals surface area contributed by atoms with Crippen LogP contribution in [0.3, 0.4) is 0 Å². The van der Waals surface area contributed by atoms with E-state index < -0.39 is 0 Å². The Morgan fingerprint density at radius 2 is 1.71 bits per heavy atom. The molecule has 0 fully saturated rings. The lowest BCUT2D eigenvalue weighted by molar-refractivity contribution is -0.665. The van der Waals surface area contributed by atoms with E-state index in [4.69, 9.17) is 1.37 Å². The molecule has 28 heavy (non-hydrogen) atoms. The predicted octanol–water partition coefficient (Wildman–Crippen LogP) is 5.94. The first-order chi connectivity index (χ1) is 13.8. The molecular formula is C26H27N2+. The fourth-order valence-corrected chi connectivity index (χ4v) is 4.08. The molecule has 0 saturated carbocycles. The Kier molecular flexibility index (Phi) is 4.20. The molecule has 0 amide bonds. The monoisotopic (exact) mass is 368 g/mol. The van der Waals surface area contributed by atoms with Gasteiger partial charge in [-0.25, -0.2) is 0 Å². The van der Waals surface area contributed by atoms with Crippen molar-refractivity contribution in [3.05, 3.63) is 82.8 Å². The van der Waals surface area contributed by atoms with Crippen LogP contribution in [0.15, 0.2) is 54.8 Å². The maximum Gasteiger partial charge on any atom is 0.220 e. The highest BCUT2D eigenvalue weighted by molar-refractivity contribution is 5.97. The van der Waals surface area contributed by atoms with Crippen LogP contribution in [0.4, 0.5) is 0 Å². The van der Waals surface area contributed by atoms with Gasteiger partial charge in [0.2, 0.25) is 5.69 Å². The zero-order chi connectivity index (χ0) is 20.9. The van der Waals surface area contributed by atoms with Crippen LogP contribution in [0, 0.1) is 34.6 Å². The maximum absolute atomic E-state index is 8.82. The number of aromatic nitrogens is 2. The zero-order valence-corrected chi connectivity index (χ0v) is 17.5. The summed E-state index contributed by atoms with van der Waals surface area (Å²) in [5.74, 6) is 0. The Bertz CT molecular complexity index is 1260. The summed E-state index contributed by atoms with van der Waals surface area (Å²) in [5.41, 5.74) is 10.6. The highest BCUT2D eigenvalue weighted by Crippen LogP contribution is 2.34. The lowest BCUT2D eigenvalue weighted by atomic mass is 9.91. The molecule has 0 aliphatic rings. The molecule has 4 aromatic rings. The second-order valence-electron chi connectivity index (χ2n) is 7.83. The highest BCUT2D eigenvalue weighted by Gasteiger charge is 2.21. The van der Waals surface area contributed by atoms with Crippen LogP contribution in [-0.4, -0.2) is 4.98 Å². The van der Waals surface area contributed by atoms with E-state index in [1.807, 2.05) is 19.2 Å². The Balaban J connectivity index is 2.13. The average Bonchev–Trinajstić information content (AvgIpc) is 2.70. The van der Waals surface area contributed by atoms with E-state index in [1.54, 1.807) is 6.20 Å². The molecule has 2 heterocycles. The molecular weight excluding hydrogens is 340 g/mol. The number of pyridine rings is 2. The van der Waals surface area contributed by atoms with E-state index in [-0.39, 0.29) is 0 Å². The van der Waals surface area contributed by atoms with Crippen molar-refractivity contribution in [1.82, 2.24) is 4.98 Å². The molecule has 2 aromatic carbocycles. The first kappa shape index (κ1) is 17.1. The number of hydrogen-bond acceptors (Lipinski definition) is 1. The molecule has 2 nitrogen and oxygen atoms in total. The van der Waals surface area contributed by atoms with Gasteiger partial charge in [-0.2, -0.15) is 4.57 Å². The van der Waals surface area contributed by atoms with Crippen molar-refractivity contribution in [1.29, 1.82) is 0 Å². The summed E-state index contributed by atoms with van der Waals surface area (Å²) in [6, 6.07) is 13.5. The highest BCUT2D eigenvalue weighted by atomic mass is 14.9. The van der Waals surface area contributed by atoms with Crippen molar-refractivity contribution in [2.24, 2.45) is 7.05 Å². The molecule has 2 heteroatoms. The summed E-state index contributed by atoms with van der Waals surface area (Å²) < 4.78 is 11.0. The Labute approximate surface area is 168 Å². The summed E-state index contributed by atoms with van der Waals surface area (Å²) in [5, 5.41) is 2.11. The molecule has 0 atom stereocenters. The van der Waals surface area contributed by atoms with Gasteiger partial charge in [0.15, 0.2) is 5.69 Å². The third-order valence-corrected chi connectivity index (χ3v) is 5.81. The minimum Gasteiger partial charge on any atom is -0.264 e. The minimum atomic E-state index is 0.582. The van der Waals surface area contributed by atoms with Crippen molar-refractivity contribution < 1.29 is 5.94 Å². The van der Waals surface area contributed by atoms with Crippen molar-refractivity contribution in [3.63, 3.8) is 0 Å². The molecule has 0 unspecified atom stereocenters.